The average molecular weight is 335 g/mol. The fraction of sp³-hybridized carbons (Fsp3) is 0.500. The highest BCUT2D eigenvalue weighted by molar-refractivity contribution is 5.01. The predicted molar refractivity (Wildman–Crippen MR) is 83.5 cm³/mol. The van der Waals surface area contributed by atoms with E-state index in [0.29, 0.717) is 12.5 Å². The molecule has 0 aliphatic carbocycles. The summed E-state index contributed by atoms with van der Waals surface area (Å²) in [4.78, 5) is 26.0. The number of hydrogen-bond acceptors (Lipinski definition) is 5. The maximum atomic E-state index is 12.5. The van der Waals surface area contributed by atoms with Gasteiger partial charge in [0.1, 0.15) is 12.0 Å². The van der Waals surface area contributed by atoms with Crippen LogP contribution in [0.4, 0.5) is 8.78 Å². The summed E-state index contributed by atoms with van der Waals surface area (Å²) in [7, 11) is 0. The Labute approximate surface area is 138 Å². The molecule has 0 saturated carbocycles. The molecule has 0 N–H and O–H groups in total. The monoisotopic (exact) mass is 335 g/mol. The van der Waals surface area contributed by atoms with Crippen LogP contribution in [0.15, 0.2) is 35.8 Å². The Morgan fingerprint density at radius 3 is 2.67 bits per heavy atom. The predicted octanol–water partition coefficient (Wildman–Crippen LogP) is 1.88. The number of likely N-dealkylation sites (tertiary alicyclic amines) is 1. The first kappa shape index (κ1) is 16.6. The molecule has 0 unspecified atom stereocenters. The molecule has 8 heteroatoms. The van der Waals surface area contributed by atoms with Crippen molar-refractivity contribution in [3.63, 3.8) is 0 Å². The van der Waals surface area contributed by atoms with Gasteiger partial charge in [0.2, 0.25) is 0 Å². The molecule has 24 heavy (non-hydrogen) atoms. The Bertz CT molecular complexity index is 714. The van der Waals surface area contributed by atoms with Gasteiger partial charge in [-0.1, -0.05) is 0 Å². The van der Waals surface area contributed by atoms with Crippen molar-refractivity contribution in [1.29, 1.82) is 0 Å². The minimum absolute atomic E-state index is 0.351. The second-order valence-corrected chi connectivity index (χ2v) is 6.03. The van der Waals surface area contributed by atoms with Crippen molar-refractivity contribution in [3.8, 4) is 0 Å². The van der Waals surface area contributed by atoms with E-state index in [9.17, 15) is 13.6 Å². The van der Waals surface area contributed by atoms with Crippen LogP contribution in [0.3, 0.4) is 0 Å². The van der Waals surface area contributed by atoms with Gasteiger partial charge < -0.3 is 0 Å². The van der Waals surface area contributed by atoms with Gasteiger partial charge in [-0.2, -0.15) is 0 Å². The summed E-state index contributed by atoms with van der Waals surface area (Å²) in [5.41, 5.74) is 0.117. The Balaban J connectivity index is 1.53. The van der Waals surface area contributed by atoms with Crippen LogP contribution in [0.2, 0.25) is 0 Å². The molecule has 128 valence electrons. The lowest BCUT2D eigenvalue weighted by Gasteiger charge is -2.31. The van der Waals surface area contributed by atoms with E-state index in [-0.39, 0.29) is 0 Å². The largest absolute Gasteiger partial charge is 0.299 e. The van der Waals surface area contributed by atoms with Crippen molar-refractivity contribution in [1.82, 2.24) is 24.4 Å². The van der Waals surface area contributed by atoms with Crippen molar-refractivity contribution in [2.24, 2.45) is 5.92 Å². The summed E-state index contributed by atoms with van der Waals surface area (Å²) in [5, 5.41) is 0. The standard InChI is InChI=1S/C16H19F2N5O/c17-16(18)14-7-15(24)23(11-21-14)8-12-2-5-22(6-3-12)9-13-1-4-19-10-20-13/h1,4,7,10-12,16H,2-3,5-6,8-9H2. The number of hydrogen-bond donors (Lipinski definition) is 0. The molecule has 2 aromatic rings. The number of nitrogens with zero attached hydrogens (tertiary/aromatic N) is 5. The lowest BCUT2D eigenvalue weighted by molar-refractivity contribution is 0.144. The summed E-state index contributed by atoms with van der Waals surface area (Å²) in [5.74, 6) is 0.351. The summed E-state index contributed by atoms with van der Waals surface area (Å²) >= 11 is 0. The molecule has 0 spiro atoms. The highest BCUT2D eigenvalue weighted by Gasteiger charge is 2.20. The fourth-order valence-corrected chi connectivity index (χ4v) is 2.94. The summed E-state index contributed by atoms with van der Waals surface area (Å²) in [6.07, 6.45) is 3.71. The Kier molecular flexibility index (Phi) is 5.24. The molecule has 0 bridgehead atoms. The third kappa shape index (κ3) is 4.19. The average Bonchev–Trinajstić information content (AvgIpc) is 2.59. The van der Waals surface area contributed by atoms with Crippen LogP contribution in [0.25, 0.3) is 0 Å². The van der Waals surface area contributed by atoms with Crippen molar-refractivity contribution in [2.75, 3.05) is 13.1 Å². The lowest BCUT2D eigenvalue weighted by Crippen LogP contribution is -2.36. The van der Waals surface area contributed by atoms with Crippen LogP contribution in [0.5, 0.6) is 0 Å². The van der Waals surface area contributed by atoms with Gasteiger partial charge in [-0.05, 0) is 37.9 Å². The molecule has 0 atom stereocenters. The molecule has 3 rings (SSSR count). The third-order valence-corrected chi connectivity index (χ3v) is 4.32. The van der Waals surface area contributed by atoms with Crippen LogP contribution in [0.1, 0.15) is 30.7 Å². The van der Waals surface area contributed by atoms with Crippen molar-refractivity contribution in [2.45, 2.75) is 32.4 Å². The normalized spacial score (nSPS) is 16.6. The Hall–Kier alpha value is -2.22. The summed E-state index contributed by atoms with van der Waals surface area (Å²) < 4.78 is 26.5. The SMILES string of the molecule is O=c1cc(C(F)F)ncn1CC1CCN(Cc2ccncn2)CC1. The van der Waals surface area contributed by atoms with Crippen molar-refractivity contribution >= 4 is 0 Å². The zero-order chi connectivity index (χ0) is 16.9. The van der Waals surface area contributed by atoms with Crippen LogP contribution in [0, 0.1) is 5.92 Å². The summed E-state index contributed by atoms with van der Waals surface area (Å²) in [6, 6.07) is 2.83. The maximum absolute atomic E-state index is 12.5. The lowest BCUT2D eigenvalue weighted by atomic mass is 9.96. The van der Waals surface area contributed by atoms with E-state index in [1.807, 2.05) is 6.07 Å². The molecular formula is C16H19F2N5O. The smallest absolute Gasteiger partial charge is 0.280 e. The maximum Gasteiger partial charge on any atom is 0.280 e. The molecule has 1 saturated heterocycles. The van der Waals surface area contributed by atoms with E-state index in [4.69, 9.17) is 0 Å². The zero-order valence-corrected chi connectivity index (χ0v) is 13.2. The molecule has 1 fully saturated rings. The van der Waals surface area contributed by atoms with E-state index < -0.39 is 17.7 Å². The first-order valence-corrected chi connectivity index (χ1v) is 7.93. The van der Waals surface area contributed by atoms with Gasteiger partial charge in [-0.3, -0.25) is 14.3 Å². The van der Waals surface area contributed by atoms with E-state index in [1.54, 1.807) is 12.5 Å². The van der Waals surface area contributed by atoms with Crippen molar-refractivity contribution in [3.05, 3.63) is 52.7 Å². The van der Waals surface area contributed by atoms with Crippen LogP contribution < -0.4 is 5.56 Å². The molecule has 0 aromatic carbocycles. The number of aromatic nitrogens is 4. The highest BCUT2D eigenvalue weighted by atomic mass is 19.3. The summed E-state index contributed by atoms with van der Waals surface area (Å²) in [6.45, 7) is 3.16. The molecule has 0 radical (unpaired) electrons. The van der Waals surface area contributed by atoms with Gasteiger partial charge >= 0.3 is 0 Å². The van der Waals surface area contributed by atoms with E-state index in [1.165, 1.54) is 10.9 Å². The van der Waals surface area contributed by atoms with Crippen LogP contribution in [-0.2, 0) is 13.1 Å². The van der Waals surface area contributed by atoms with Gasteiger partial charge in [0.25, 0.3) is 12.0 Å². The van der Waals surface area contributed by atoms with E-state index in [0.717, 1.165) is 44.2 Å². The van der Waals surface area contributed by atoms with Gasteiger partial charge in [0.15, 0.2) is 0 Å². The number of rotatable bonds is 5. The van der Waals surface area contributed by atoms with Crippen LogP contribution in [-0.4, -0.2) is 37.5 Å². The minimum atomic E-state index is -2.71. The number of alkyl halides is 2. The van der Waals surface area contributed by atoms with Gasteiger partial charge in [-0.15, -0.1) is 0 Å². The quantitative estimate of drug-likeness (QED) is 0.835. The molecule has 3 heterocycles. The molecule has 0 amide bonds. The fourth-order valence-electron chi connectivity index (χ4n) is 2.94. The third-order valence-electron chi connectivity index (χ3n) is 4.32. The highest BCUT2D eigenvalue weighted by Crippen LogP contribution is 2.20. The molecular weight excluding hydrogens is 316 g/mol. The Morgan fingerprint density at radius 2 is 2.04 bits per heavy atom. The number of halogens is 2. The minimum Gasteiger partial charge on any atom is -0.299 e. The Morgan fingerprint density at radius 1 is 1.25 bits per heavy atom. The second-order valence-electron chi connectivity index (χ2n) is 6.03. The van der Waals surface area contributed by atoms with Crippen LogP contribution >= 0.6 is 0 Å². The molecule has 2 aromatic heterocycles. The van der Waals surface area contributed by atoms with Crippen molar-refractivity contribution < 1.29 is 8.78 Å². The second kappa shape index (κ2) is 7.57. The van der Waals surface area contributed by atoms with E-state index in [2.05, 4.69) is 19.9 Å². The molecule has 6 nitrogen and oxygen atoms in total. The van der Waals surface area contributed by atoms with Gasteiger partial charge in [0.05, 0.1) is 12.0 Å². The molecule has 1 aliphatic heterocycles. The van der Waals surface area contributed by atoms with E-state index >= 15 is 0 Å². The molecule has 1 aliphatic rings. The zero-order valence-electron chi connectivity index (χ0n) is 13.2. The number of piperidine rings is 1. The topological polar surface area (TPSA) is 63.9 Å². The van der Waals surface area contributed by atoms with Gasteiger partial charge in [0, 0.05) is 25.4 Å². The van der Waals surface area contributed by atoms with Gasteiger partial charge in [-0.25, -0.2) is 23.7 Å². The first-order chi connectivity index (χ1) is 11.6. The first-order valence-electron chi connectivity index (χ1n) is 7.93.